The Kier molecular flexibility index (Phi) is 7.95. The van der Waals surface area contributed by atoms with E-state index in [1.807, 2.05) is 24.9 Å². The fourth-order valence-electron chi connectivity index (χ4n) is 5.82. The number of Topliss-reactive ketones (excluding diaryl/α,β-unsaturated/α-hetero) is 1. The predicted molar refractivity (Wildman–Crippen MR) is 138 cm³/mol. The number of nitrogens with one attached hydrogen (secondary N) is 2. The van der Waals surface area contributed by atoms with Crippen molar-refractivity contribution >= 4 is 28.5 Å². The Morgan fingerprint density at radius 2 is 1.83 bits per heavy atom. The van der Waals surface area contributed by atoms with E-state index in [1.54, 1.807) is 14.0 Å². The van der Waals surface area contributed by atoms with Crippen molar-refractivity contribution in [3.8, 4) is 0 Å². The fraction of sp³-hybridized carbons (Fsp3) is 0.607. The molecule has 0 bridgehead atoms. The summed E-state index contributed by atoms with van der Waals surface area (Å²) >= 11 is 0. The van der Waals surface area contributed by atoms with Crippen molar-refractivity contribution in [2.75, 3.05) is 13.6 Å². The number of hydrogen-bond donors (Lipinski definition) is 2. The largest absolute Gasteiger partial charge is 0.345 e. The summed E-state index contributed by atoms with van der Waals surface area (Å²) in [6, 6.07) is 5.43. The second kappa shape index (κ2) is 10.9. The van der Waals surface area contributed by atoms with Crippen molar-refractivity contribution in [3.05, 3.63) is 35.5 Å². The van der Waals surface area contributed by atoms with Crippen molar-refractivity contribution in [1.82, 2.24) is 20.1 Å². The van der Waals surface area contributed by atoms with Gasteiger partial charge in [-0.2, -0.15) is 0 Å². The molecule has 2 aliphatic rings. The number of hydrogen-bond acceptors (Lipinski definition) is 4. The van der Waals surface area contributed by atoms with Crippen LogP contribution in [0.1, 0.15) is 74.7 Å². The molecule has 1 aliphatic carbocycles. The van der Waals surface area contributed by atoms with E-state index in [2.05, 4.69) is 33.4 Å². The molecular weight excluding hydrogens is 440 g/mol. The number of fused-ring (bicyclic) bond motifs is 1. The lowest BCUT2D eigenvalue weighted by Crippen LogP contribution is -2.56. The number of likely N-dealkylation sites (tertiary alicyclic amines) is 1. The van der Waals surface area contributed by atoms with Crippen LogP contribution in [-0.4, -0.2) is 58.8 Å². The maximum atomic E-state index is 13.9. The van der Waals surface area contributed by atoms with Crippen molar-refractivity contribution in [2.24, 2.45) is 5.92 Å². The van der Waals surface area contributed by atoms with Crippen LogP contribution in [0.4, 0.5) is 0 Å². The molecule has 2 amide bonds. The Bertz CT molecular complexity index is 1090. The molecule has 0 radical (unpaired) electrons. The zero-order chi connectivity index (χ0) is 25.1. The number of aromatic nitrogens is 1. The summed E-state index contributed by atoms with van der Waals surface area (Å²) in [5, 5.41) is 7.07. The van der Waals surface area contributed by atoms with Crippen LogP contribution in [-0.2, 0) is 16.1 Å². The lowest BCUT2D eigenvalue weighted by molar-refractivity contribution is -0.139. The average Bonchev–Trinajstić information content (AvgIpc) is 3.46. The minimum Gasteiger partial charge on any atom is -0.345 e. The Balaban J connectivity index is 1.58. The van der Waals surface area contributed by atoms with E-state index >= 15 is 0 Å². The third-order valence-electron chi connectivity index (χ3n) is 7.99. The van der Waals surface area contributed by atoms with E-state index in [0.717, 1.165) is 60.6 Å². The number of aryl methyl sites for hydroxylation is 1. The zero-order valence-electron chi connectivity index (χ0n) is 21.6. The summed E-state index contributed by atoms with van der Waals surface area (Å²) in [6.45, 7) is 6.82. The van der Waals surface area contributed by atoms with Gasteiger partial charge in [-0.3, -0.25) is 14.4 Å². The normalized spacial score (nSPS) is 20.7. The molecule has 1 aliphatic heterocycles. The molecule has 1 saturated heterocycles. The lowest BCUT2D eigenvalue weighted by atomic mass is 9.83. The first-order valence-corrected chi connectivity index (χ1v) is 13.2. The number of carbonyl (C=O) groups is 3. The van der Waals surface area contributed by atoms with Gasteiger partial charge in [0.2, 0.25) is 11.8 Å². The van der Waals surface area contributed by atoms with Crippen LogP contribution in [0.25, 0.3) is 10.9 Å². The molecule has 1 aromatic carbocycles. The van der Waals surface area contributed by atoms with E-state index in [9.17, 15) is 14.4 Å². The van der Waals surface area contributed by atoms with Crippen molar-refractivity contribution in [2.45, 2.75) is 90.4 Å². The predicted octanol–water partition coefficient (Wildman–Crippen LogP) is 3.82. The molecular formula is C28H40N4O3. The van der Waals surface area contributed by atoms with Crippen LogP contribution in [0.15, 0.2) is 24.4 Å². The number of rotatable bonds is 8. The van der Waals surface area contributed by atoms with Gasteiger partial charge < -0.3 is 20.1 Å². The standard InChI is InChI=1S/C28H40N4O3/c1-18-12-13-25-23(15-18)24(20(3)33)17-31(25)16-22-11-8-14-32(22)28(35)26(21-9-6-5-7-10-21)30-27(34)19(2)29-4/h12-13,15,17,19,21-22,26,29H,5-11,14,16H2,1-4H3,(H,30,34). The van der Waals surface area contributed by atoms with Gasteiger partial charge in [0.05, 0.1) is 6.04 Å². The van der Waals surface area contributed by atoms with E-state index in [1.165, 1.54) is 6.42 Å². The van der Waals surface area contributed by atoms with E-state index in [4.69, 9.17) is 0 Å². The van der Waals surface area contributed by atoms with Gasteiger partial charge >= 0.3 is 0 Å². The van der Waals surface area contributed by atoms with Crippen LogP contribution in [0.2, 0.25) is 0 Å². The van der Waals surface area contributed by atoms with Crippen LogP contribution in [0.5, 0.6) is 0 Å². The molecule has 0 spiro atoms. The third kappa shape index (κ3) is 5.45. The molecule has 1 saturated carbocycles. The molecule has 2 heterocycles. The maximum absolute atomic E-state index is 13.9. The van der Waals surface area contributed by atoms with Gasteiger partial charge in [0.25, 0.3) is 0 Å². The number of benzene rings is 1. The second-order valence-corrected chi connectivity index (χ2v) is 10.5. The topological polar surface area (TPSA) is 83.4 Å². The molecule has 35 heavy (non-hydrogen) atoms. The number of ketones is 1. The maximum Gasteiger partial charge on any atom is 0.245 e. The summed E-state index contributed by atoms with van der Waals surface area (Å²) in [5.74, 6) is 0.169. The molecule has 2 fully saturated rings. The van der Waals surface area contributed by atoms with Gasteiger partial charge in [-0.1, -0.05) is 30.9 Å². The highest BCUT2D eigenvalue weighted by Gasteiger charge is 2.38. The summed E-state index contributed by atoms with van der Waals surface area (Å²) in [7, 11) is 1.76. The SMILES string of the molecule is CNC(C)C(=O)NC(C(=O)N1CCCC1Cn1cc(C(C)=O)c2cc(C)ccc21)C1CCCCC1. The van der Waals surface area contributed by atoms with Gasteiger partial charge in [-0.05, 0) is 71.6 Å². The lowest BCUT2D eigenvalue weighted by Gasteiger charge is -2.35. The zero-order valence-corrected chi connectivity index (χ0v) is 21.6. The van der Waals surface area contributed by atoms with Crippen molar-refractivity contribution < 1.29 is 14.4 Å². The molecule has 2 N–H and O–H groups in total. The monoisotopic (exact) mass is 480 g/mol. The molecule has 3 atom stereocenters. The summed E-state index contributed by atoms with van der Waals surface area (Å²) in [6.07, 6.45) is 9.19. The van der Waals surface area contributed by atoms with E-state index in [-0.39, 0.29) is 35.6 Å². The Labute approximate surface area is 208 Å². The molecule has 4 rings (SSSR count). The highest BCUT2D eigenvalue weighted by Crippen LogP contribution is 2.31. The van der Waals surface area contributed by atoms with Crippen molar-refractivity contribution in [3.63, 3.8) is 0 Å². The third-order valence-corrected chi connectivity index (χ3v) is 7.99. The molecule has 7 heteroatoms. The average molecular weight is 481 g/mol. The first-order chi connectivity index (χ1) is 16.8. The number of amides is 2. The van der Waals surface area contributed by atoms with Crippen LogP contribution in [0, 0.1) is 12.8 Å². The van der Waals surface area contributed by atoms with E-state index < -0.39 is 6.04 Å². The highest BCUT2D eigenvalue weighted by molar-refractivity contribution is 6.07. The second-order valence-electron chi connectivity index (χ2n) is 10.5. The first-order valence-electron chi connectivity index (χ1n) is 13.2. The highest BCUT2D eigenvalue weighted by atomic mass is 16.2. The number of carbonyl (C=O) groups excluding carboxylic acids is 3. The van der Waals surface area contributed by atoms with Crippen LogP contribution >= 0.6 is 0 Å². The minimum atomic E-state index is -0.476. The fourth-order valence-corrected chi connectivity index (χ4v) is 5.82. The minimum absolute atomic E-state index is 0.0453. The van der Waals surface area contributed by atoms with Crippen LogP contribution in [0.3, 0.4) is 0 Å². The van der Waals surface area contributed by atoms with E-state index in [0.29, 0.717) is 13.1 Å². The quantitative estimate of drug-likeness (QED) is 0.563. The van der Waals surface area contributed by atoms with Gasteiger partial charge in [-0.15, -0.1) is 0 Å². The van der Waals surface area contributed by atoms with Gasteiger partial charge in [0.15, 0.2) is 5.78 Å². The Morgan fingerprint density at radius 3 is 2.51 bits per heavy atom. The van der Waals surface area contributed by atoms with Crippen LogP contribution < -0.4 is 10.6 Å². The Morgan fingerprint density at radius 1 is 1.09 bits per heavy atom. The van der Waals surface area contributed by atoms with Crippen molar-refractivity contribution in [1.29, 1.82) is 0 Å². The number of nitrogens with zero attached hydrogens (tertiary/aromatic N) is 2. The molecule has 1 aromatic heterocycles. The summed E-state index contributed by atoms with van der Waals surface area (Å²) in [5.41, 5.74) is 2.88. The van der Waals surface area contributed by atoms with Gasteiger partial charge in [-0.25, -0.2) is 0 Å². The smallest absolute Gasteiger partial charge is 0.245 e. The van der Waals surface area contributed by atoms with Gasteiger partial charge in [0.1, 0.15) is 6.04 Å². The summed E-state index contributed by atoms with van der Waals surface area (Å²) < 4.78 is 2.14. The Hall–Kier alpha value is -2.67. The molecule has 2 aromatic rings. The molecule has 3 unspecified atom stereocenters. The summed E-state index contributed by atoms with van der Waals surface area (Å²) in [4.78, 5) is 41.0. The molecule has 190 valence electrons. The molecule has 7 nitrogen and oxygen atoms in total. The van der Waals surface area contributed by atoms with Gasteiger partial charge in [0, 0.05) is 41.8 Å². The first kappa shape index (κ1) is 25.4. The number of likely N-dealkylation sites (N-methyl/N-ethyl adjacent to an activating group) is 1.